The van der Waals surface area contributed by atoms with E-state index in [9.17, 15) is 4.79 Å². The molecule has 0 aromatic carbocycles. The second kappa shape index (κ2) is 5.34. The van der Waals surface area contributed by atoms with Gasteiger partial charge in [-0.15, -0.1) is 5.10 Å². The molecule has 1 spiro atoms. The molecule has 2 atom stereocenters. The average Bonchev–Trinajstić information content (AvgIpc) is 3.05. The number of aromatic nitrogens is 3. The SMILES string of the molecule is NCc1c(C(=O)O)nnn1C1CCOC2(CCSC2)C1. The van der Waals surface area contributed by atoms with E-state index in [1.165, 1.54) is 0 Å². The van der Waals surface area contributed by atoms with E-state index in [0.29, 0.717) is 12.3 Å². The molecule has 0 amide bonds. The smallest absolute Gasteiger partial charge is 0.358 e. The van der Waals surface area contributed by atoms with Gasteiger partial charge in [0.2, 0.25) is 0 Å². The minimum atomic E-state index is -1.07. The molecule has 1 aromatic heterocycles. The standard InChI is InChI=1S/C12H18N4O3S/c13-6-9-10(11(17)18)14-15-16(9)8-1-3-19-12(5-8)2-4-20-7-12/h8H,1-7,13H2,(H,17,18). The van der Waals surface area contributed by atoms with Gasteiger partial charge in [0.1, 0.15) is 0 Å². The van der Waals surface area contributed by atoms with E-state index in [2.05, 4.69) is 10.3 Å². The molecule has 2 aliphatic rings. The van der Waals surface area contributed by atoms with E-state index in [1.54, 1.807) is 4.68 Å². The van der Waals surface area contributed by atoms with Crippen molar-refractivity contribution in [2.24, 2.45) is 5.73 Å². The van der Waals surface area contributed by atoms with Crippen molar-refractivity contribution in [2.45, 2.75) is 37.5 Å². The first-order chi connectivity index (χ1) is 9.65. The van der Waals surface area contributed by atoms with E-state index in [4.69, 9.17) is 15.6 Å². The summed E-state index contributed by atoms with van der Waals surface area (Å²) in [6, 6.07) is 0.126. The Morgan fingerprint density at radius 1 is 1.65 bits per heavy atom. The van der Waals surface area contributed by atoms with Crippen molar-refractivity contribution in [1.29, 1.82) is 0 Å². The molecular formula is C12H18N4O3S. The first-order valence-electron chi connectivity index (χ1n) is 6.74. The molecule has 0 saturated carbocycles. The molecule has 110 valence electrons. The number of nitrogens with two attached hydrogens (primary N) is 1. The lowest BCUT2D eigenvalue weighted by Crippen LogP contribution is -2.41. The molecule has 1 aromatic rings. The number of carboxylic acids is 1. The molecule has 7 nitrogen and oxygen atoms in total. The molecule has 3 N–H and O–H groups in total. The summed E-state index contributed by atoms with van der Waals surface area (Å²) in [4.78, 5) is 11.1. The minimum absolute atomic E-state index is 0.0335. The fourth-order valence-electron chi connectivity index (χ4n) is 3.04. The van der Waals surface area contributed by atoms with Crippen LogP contribution in [0.15, 0.2) is 0 Å². The summed E-state index contributed by atoms with van der Waals surface area (Å²) in [5.41, 5.74) is 6.08. The molecule has 0 aliphatic carbocycles. The maximum Gasteiger partial charge on any atom is 0.358 e. The third-order valence-corrected chi connectivity index (χ3v) is 5.29. The highest BCUT2D eigenvalue weighted by Crippen LogP contribution is 2.42. The topological polar surface area (TPSA) is 103 Å². The first kappa shape index (κ1) is 13.8. The molecule has 3 rings (SSSR count). The number of aromatic carboxylic acids is 1. The highest BCUT2D eigenvalue weighted by atomic mass is 32.2. The van der Waals surface area contributed by atoms with Gasteiger partial charge >= 0.3 is 5.97 Å². The Labute approximate surface area is 120 Å². The van der Waals surface area contributed by atoms with Crippen LogP contribution in [0, 0.1) is 0 Å². The third kappa shape index (κ3) is 2.32. The van der Waals surface area contributed by atoms with Crippen LogP contribution in [-0.4, -0.2) is 49.8 Å². The molecule has 0 radical (unpaired) electrons. The molecule has 8 heteroatoms. The molecule has 3 heterocycles. The van der Waals surface area contributed by atoms with Crippen LogP contribution in [0.2, 0.25) is 0 Å². The number of nitrogens with zero attached hydrogens (tertiary/aromatic N) is 3. The maximum atomic E-state index is 11.1. The molecule has 20 heavy (non-hydrogen) atoms. The summed E-state index contributed by atoms with van der Waals surface area (Å²) in [7, 11) is 0. The number of thioether (sulfide) groups is 1. The van der Waals surface area contributed by atoms with Gasteiger partial charge in [-0.1, -0.05) is 5.21 Å². The minimum Gasteiger partial charge on any atom is -0.476 e. The van der Waals surface area contributed by atoms with E-state index in [1.807, 2.05) is 11.8 Å². The summed E-state index contributed by atoms with van der Waals surface area (Å²) >= 11 is 1.91. The van der Waals surface area contributed by atoms with Gasteiger partial charge in [0.15, 0.2) is 5.69 Å². The highest BCUT2D eigenvalue weighted by molar-refractivity contribution is 7.99. The second-order valence-corrected chi connectivity index (χ2v) is 6.42. The third-order valence-electron chi connectivity index (χ3n) is 4.07. The predicted octanol–water partition coefficient (Wildman–Crippen LogP) is 0.662. The molecule has 2 aliphatic heterocycles. The summed E-state index contributed by atoms with van der Waals surface area (Å²) < 4.78 is 7.68. The summed E-state index contributed by atoms with van der Waals surface area (Å²) in [5, 5.41) is 16.9. The number of carbonyl (C=O) groups is 1. The Hall–Kier alpha value is -1.12. The quantitative estimate of drug-likeness (QED) is 0.845. The molecule has 2 fully saturated rings. The summed E-state index contributed by atoms with van der Waals surface area (Å²) in [6.45, 7) is 0.811. The lowest BCUT2D eigenvalue weighted by molar-refractivity contribution is -0.0783. The second-order valence-electron chi connectivity index (χ2n) is 5.32. The van der Waals surface area contributed by atoms with Crippen LogP contribution in [0.1, 0.15) is 41.5 Å². The van der Waals surface area contributed by atoms with Gasteiger partial charge in [0.25, 0.3) is 0 Å². The Kier molecular flexibility index (Phi) is 3.70. The van der Waals surface area contributed by atoms with E-state index in [0.717, 1.165) is 30.8 Å². The van der Waals surface area contributed by atoms with Gasteiger partial charge in [-0.2, -0.15) is 11.8 Å². The van der Waals surface area contributed by atoms with Crippen LogP contribution in [0.5, 0.6) is 0 Å². The zero-order valence-corrected chi connectivity index (χ0v) is 11.9. The lowest BCUT2D eigenvalue weighted by Gasteiger charge is -2.38. The van der Waals surface area contributed by atoms with Crippen LogP contribution in [0.3, 0.4) is 0 Å². The van der Waals surface area contributed by atoms with Crippen molar-refractivity contribution < 1.29 is 14.6 Å². The van der Waals surface area contributed by atoms with E-state index < -0.39 is 5.97 Å². The van der Waals surface area contributed by atoms with Crippen LogP contribution >= 0.6 is 11.8 Å². The van der Waals surface area contributed by atoms with Gasteiger partial charge in [0, 0.05) is 18.9 Å². The van der Waals surface area contributed by atoms with Gasteiger partial charge < -0.3 is 15.6 Å². The van der Waals surface area contributed by atoms with Crippen LogP contribution < -0.4 is 5.73 Å². The fraction of sp³-hybridized carbons (Fsp3) is 0.750. The van der Waals surface area contributed by atoms with Crippen LogP contribution in [0.25, 0.3) is 0 Å². The van der Waals surface area contributed by atoms with Gasteiger partial charge in [-0.3, -0.25) is 0 Å². The number of rotatable bonds is 3. The molecule has 2 saturated heterocycles. The van der Waals surface area contributed by atoms with Crippen LogP contribution in [-0.2, 0) is 11.3 Å². The largest absolute Gasteiger partial charge is 0.476 e. The van der Waals surface area contributed by atoms with Gasteiger partial charge in [-0.05, 0) is 25.0 Å². The zero-order chi connectivity index (χ0) is 14.2. The van der Waals surface area contributed by atoms with E-state index >= 15 is 0 Å². The van der Waals surface area contributed by atoms with Crippen molar-refractivity contribution >= 4 is 17.7 Å². The van der Waals surface area contributed by atoms with Crippen molar-refractivity contribution in [3.05, 3.63) is 11.4 Å². The molecular weight excluding hydrogens is 280 g/mol. The number of hydrogen-bond acceptors (Lipinski definition) is 6. The number of hydrogen-bond donors (Lipinski definition) is 2. The predicted molar refractivity (Wildman–Crippen MR) is 73.8 cm³/mol. The van der Waals surface area contributed by atoms with Gasteiger partial charge in [0.05, 0.1) is 17.3 Å². The Morgan fingerprint density at radius 3 is 3.15 bits per heavy atom. The normalized spacial score (nSPS) is 29.9. The molecule has 2 unspecified atom stereocenters. The van der Waals surface area contributed by atoms with Crippen molar-refractivity contribution in [1.82, 2.24) is 15.0 Å². The summed E-state index contributed by atoms with van der Waals surface area (Å²) in [6.07, 6.45) is 2.73. The summed E-state index contributed by atoms with van der Waals surface area (Å²) in [5.74, 6) is 1.05. The zero-order valence-electron chi connectivity index (χ0n) is 11.1. The Morgan fingerprint density at radius 2 is 2.50 bits per heavy atom. The van der Waals surface area contributed by atoms with Gasteiger partial charge in [-0.25, -0.2) is 9.48 Å². The fourth-order valence-corrected chi connectivity index (χ4v) is 4.42. The highest BCUT2D eigenvalue weighted by Gasteiger charge is 2.42. The first-order valence-corrected chi connectivity index (χ1v) is 7.90. The van der Waals surface area contributed by atoms with E-state index in [-0.39, 0.29) is 23.9 Å². The molecule has 0 bridgehead atoms. The van der Waals surface area contributed by atoms with Crippen molar-refractivity contribution in [2.75, 3.05) is 18.1 Å². The maximum absolute atomic E-state index is 11.1. The Bertz CT molecular complexity index is 513. The number of carboxylic acid groups (broad SMARTS) is 1. The lowest BCUT2D eigenvalue weighted by atomic mass is 9.90. The van der Waals surface area contributed by atoms with Crippen molar-refractivity contribution in [3.8, 4) is 0 Å². The Balaban J connectivity index is 1.87. The van der Waals surface area contributed by atoms with Crippen molar-refractivity contribution in [3.63, 3.8) is 0 Å². The monoisotopic (exact) mass is 298 g/mol. The average molecular weight is 298 g/mol. The number of ether oxygens (including phenoxy) is 1. The van der Waals surface area contributed by atoms with Crippen LogP contribution in [0.4, 0.5) is 0 Å².